The topological polar surface area (TPSA) is 114 Å². The molecule has 2 aromatic carbocycles. The van der Waals surface area contributed by atoms with Crippen LogP contribution in [0.1, 0.15) is 54.0 Å². The lowest BCUT2D eigenvalue weighted by atomic mass is 10.2. The van der Waals surface area contributed by atoms with Crippen molar-refractivity contribution in [2.45, 2.75) is 47.3 Å². The number of carbonyl (C=O) groups is 2. The van der Waals surface area contributed by atoms with Gasteiger partial charge in [-0.25, -0.2) is 10.2 Å². The summed E-state index contributed by atoms with van der Waals surface area (Å²) in [5.74, 6) is 1.03. The van der Waals surface area contributed by atoms with Crippen LogP contribution in [0.15, 0.2) is 74.7 Å². The molecule has 0 radical (unpaired) electrons. The van der Waals surface area contributed by atoms with Gasteiger partial charge in [-0.05, 0) is 117 Å². The summed E-state index contributed by atoms with van der Waals surface area (Å²) in [6.07, 6.45) is 0.624. The number of amides is 1. The first-order valence-corrected chi connectivity index (χ1v) is 14.6. The second kappa shape index (κ2) is 14.6. The van der Waals surface area contributed by atoms with Crippen LogP contribution < -0.4 is 19.6 Å². The molecule has 0 unspecified atom stereocenters. The molecular formula is C32H34BrN3O7. The molecule has 2 heterocycles. The van der Waals surface area contributed by atoms with Crippen molar-refractivity contribution in [2.75, 3.05) is 13.2 Å². The van der Waals surface area contributed by atoms with Crippen molar-refractivity contribution in [3.63, 3.8) is 0 Å². The zero-order valence-electron chi connectivity index (χ0n) is 24.7. The zero-order valence-corrected chi connectivity index (χ0v) is 26.3. The predicted octanol–water partition coefficient (Wildman–Crippen LogP) is 6.52. The smallest absolute Gasteiger partial charge is 0.347 e. The summed E-state index contributed by atoms with van der Waals surface area (Å²) < 4.78 is 30.7. The Labute approximate surface area is 258 Å². The molecule has 0 aliphatic rings. The molecule has 4 aromatic rings. The van der Waals surface area contributed by atoms with Crippen LogP contribution in [0.4, 0.5) is 0 Å². The van der Waals surface area contributed by atoms with Gasteiger partial charge in [0.2, 0.25) is 0 Å². The number of furan rings is 1. The maximum Gasteiger partial charge on any atom is 0.347 e. The van der Waals surface area contributed by atoms with E-state index >= 15 is 0 Å². The molecule has 0 aliphatic carbocycles. The molecule has 1 N–H and O–H groups in total. The lowest BCUT2D eigenvalue weighted by Gasteiger charge is -2.18. The standard InChI is InChI=1S/C32H34BrN3O7/c1-6-39-29-17-23(16-27(33)30(29)42-22(5)32(38)40-7-2)18-34-35-31(37)28-15-14-26(43-28)19-41-25-12-10-24(11-13-25)36-20(3)8-9-21(36)4/h8-18,22H,6-7,19H2,1-5H3,(H,35,37)/b34-18+/t22-/m0/s1. The van der Waals surface area contributed by atoms with Crippen LogP contribution in [0.5, 0.6) is 17.2 Å². The Balaban J connectivity index is 1.33. The van der Waals surface area contributed by atoms with E-state index in [4.69, 9.17) is 23.4 Å². The number of benzene rings is 2. The minimum Gasteiger partial charge on any atom is -0.490 e. The number of hydrogen-bond donors (Lipinski definition) is 1. The summed E-state index contributed by atoms with van der Waals surface area (Å²) in [5.41, 5.74) is 6.44. The van der Waals surface area contributed by atoms with Crippen LogP contribution in [0.2, 0.25) is 0 Å². The molecule has 10 nitrogen and oxygen atoms in total. The second-order valence-corrected chi connectivity index (χ2v) is 10.3. The Hall–Kier alpha value is -4.51. The van der Waals surface area contributed by atoms with Gasteiger partial charge in [-0.3, -0.25) is 4.79 Å². The maximum atomic E-state index is 12.6. The van der Waals surface area contributed by atoms with E-state index in [1.807, 2.05) is 31.2 Å². The molecule has 11 heteroatoms. The zero-order chi connectivity index (χ0) is 30.9. The third-order valence-corrected chi connectivity index (χ3v) is 6.85. The van der Waals surface area contributed by atoms with Crippen molar-refractivity contribution in [1.82, 2.24) is 9.99 Å². The van der Waals surface area contributed by atoms with Gasteiger partial charge < -0.3 is 27.9 Å². The summed E-state index contributed by atoms with van der Waals surface area (Å²) in [6.45, 7) is 10.1. The van der Waals surface area contributed by atoms with Gasteiger partial charge in [-0.15, -0.1) is 0 Å². The number of hydrogen-bond acceptors (Lipinski definition) is 8. The van der Waals surface area contributed by atoms with Crippen LogP contribution in [-0.2, 0) is 16.1 Å². The molecule has 2 aromatic heterocycles. The monoisotopic (exact) mass is 651 g/mol. The van der Waals surface area contributed by atoms with Crippen LogP contribution in [-0.4, -0.2) is 42.0 Å². The molecule has 0 saturated carbocycles. The van der Waals surface area contributed by atoms with Crippen LogP contribution in [0, 0.1) is 13.8 Å². The molecule has 0 bridgehead atoms. The molecule has 226 valence electrons. The first-order chi connectivity index (χ1) is 20.7. The average molecular weight is 653 g/mol. The molecule has 43 heavy (non-hydrogen) atoms. The molecular weight excluding hydrogens is 618 g/mol. The van der Waals surface area contributed by atoms with E-state index in [0.717, 1.165) is 17.1 Å². The number of esters is 1. The Morgan fingerprint density at radius 1 is 1.00 bits per heavy atom. The van der Waals surface area contributed by atoms with Crippen molar-refractivity contribution >= 4 is 34.0 Å². The summed E-state index contributed by atoms with van der Waals surface area (Å²) in [4.78, 5) is 24.6. The summed E-state index contributed by atoms with van der Waals surface area (Å²) in [7, 11) is 0. The molecule has 0 fully saturated rings. The third-order valence-electron chi connectivity index (χ3n) is 6.26. The number of halogens is 1. The van der Waals surface area contributed by atoms with Gasteiger partial charge in [0.25, 0.3) is 0 Å². The number of aromatic nitrogens is 1. The van der Waals surface area contributed by atoms with E-state index in [0.29, 0.717) is 39.7 Å². The molecule has 1 amide bonds. The van der Waals surface area contributed by atoms with E-state index in [-0.39, 0.29) is 19.0 Å². The van der Waals surface area contributed by atoms with Gasteiger partial charge in [0.1, 0.15) is 18.1 Å². The highest BCUT2D eigenvalue weighted by atomic mass is 79.9. The van der Waals surface area contributed by atoms with Crippen molar-refractivity contribution in [2.24, 2.45) is 5.10 Å². The number of nitrogens with zero attached hydrogens (tertiary/aromatic N) is 2. The third kappa shape index (κ3) is 8.07. The minimum absolute atomic E-state index is 0.0949. The highest BCUT2D eigenvalue weighted by Crippen LogP contribution is 2.37. The molecule has 4 rings (SSSR count). The quantitative estimate of drug-likeness (QED) is 0.0994. The first-order valence-electron chi connectivity index (χ1n) is 13.8. The summed E-state index contributed by atoms with van der Waals surface area (Å²) >= 11 is 3.46. The van der Waals surface area contributed by atoms with E-state index in [1.54, 1.807) is 38.1 Å². The summed E-state index contributed by atoms with van der Waals surface area (Å²) in [6, 6.07) is 18.6. The Bertz CT molecular complexity index is 1570. The van der Waals surface area contributed by atoms with Crippen molar-refractivity contribution in [3.05, 3.63) is 93.6 Å². The molecule has 0 aliphatic heterocycles. The van der Waals surface area contributed by atoms with Gasteiger partial charge in [0, 0.05) is 17.1 Å². The fourth-order valence-corrected chi connectivity index (χ4v) is 4.80. The Morgan fingerprint density at radius 2 is 1.72 bits per heavy atom. The average Bonchev–Trinajstić information content (AvgIpc) is 3.60. The van der Waals surface area contributed by atoms with Crippen LogP contribution in [0.3, 0.4) is 0 Å². The van der Waals surface area contributed by atoms with Gasteiger partial charge in [0.15, 0.2) is 23.4 Å². The van der Waals surface area contributed by atoms with E-state index in [2.05, 4.69) is 57.0 Å². The lowest BCUT2D eigenvalue weighted by Crippen LogP contribution is -2.26. The Morgan fingerprint density at radius 3 is 2.40 bits per heavy atom. The van der Waals surface area contributed by atoms with Crippen LogP contribution >= 0.6 is 15.9 Å². The van der Waals surface area contributed by atoms with Crippen LogP contribution in [0.25, 0.3) is 5.69 Å². The second-order valence-electron chi connectivity index (χ2n) is 9.47. The van der Waals surface area contributed by atoms with E-state index < -0.39 is 18.0 Å². The SMILES string of the molecule is CCOC(=O)[C@H](C)Oc1c(Br)cc(/C=N/NC(=O)c2ccc(COc3ccc(-n4c(C)ccc4C)cc3)o2)cc1OCC. The Kier molecular flexibility index (Phi) is 10.7. The number of hydrazone groups is 1. The fraction of sp³-hybridized carbons (Fsp3) is 0.281. The maximum absolute atomic E-state index is 12.6. The number of nitrogens with one attached hydrogen (secondary N) is 1. The van der Waals surface area contributed by atoms with Gasteiger partial charge in [0.05, 0.1) is 23.9 Å². The number of carbonyl (C=O) groups excluding carboxylic acids is 2. The normalized spacial score (nSPS) is 11.8. The van der Waals surface area contributed by atoms with Crippen molar-refractivity contribution < 1.29 is 33.0 Å². The van der Waals surface area contributed by atoms with Crippen molar-refractivity contribution in [3.8, 4) is 22.9 Å². The van der Waals surface area contributed by atoms with Gasteiger partial charge in [-0.2, -0.15) is 5.10 Å². The fourth-order valence-electron chi connectivity index (χ4n) is 4.24. The first kappa shape index (κ1) is 31.4. The van der Waals surface area contributed by atoms with Gasteiger partial charge in [-0.1, -0.05) is 0 Å². The lowest BCUT2D eigenvalue weighted by molar-refractivity contribution is -0.150. The minimum atomic E-state index is -0.831. The van der Waals surface area contributed by atoms with Gasteiger partial charge >= 0.3 is 11.9 Å². The number of rotatable bonds is 13. The highest BCUT2D eigenvalue weighted by Gasteiger charge is 2.21. The highest BCUT2D eigenvalue weighted by molar-refractivity contribution is 9.10. The molecule has 0 spiro atoms. The van der Waals surface area contributed by atoms with E-state index in [1.165, 1.54) is 6.21 Å². The number of ether oxygens (including phenoxy) is 4. The molecule has 1 atom stereocenters. The van der Waals surface area contributed by atoms with Crippen molar-refractivity contribution in [1.29, 1.82) is 0 Å². The summed E-state index contributed by atoms with van der Waals surface area (Å²) in [5, 5.41) is 4.04. The molecule has 0 saturated heterocycles. The largest absolute Gasteiger partial charge is 0.490 e. The van der Waals surface area contributed by atoms with E-state index in [9.17, 15) is 9.59 Å². The number of aryl methyl sites for hydroxylation is 2. The predicted molar refractivity (Wildman–Crippen MR) is 165 cm³/mol.